The average molecular weight is 998 g/mol. The standard InChI is InChI=1S/C69H42F3N5/c1-42-32-44(35-45(33-42)69(70,71)72)49-30-29-48(76-62-26-14-10-22-52(62)58-37-56-50-20-8-12-24-60(50)74(65(56)39-67(58)76)46-16-4-2-5-17-46)36-54(49)55-34-43(41-73)28-31-64(55)77-63-27-15-11-23-53(63)59-38-57-51-21-9-13-25-61(51)75(66(57)40-68(59)77)47-18-6-3-7-19-47/h2-40H,1H3. The molecule has 15 aromatic rings. The third-order valence-electron chi connectivity index (χ3n) is 15.6. The van der Waals surface area contributed by atoms with E-state index >= 15 is 0 Å². The van der Waals surface area contributed by atoms with Gasteiger partial charge in [0.15, 0.2) is 0 Å². The fourth-order valence-corrected chi connectivity index (χ4v) is 12.4. The van der Waals surface area contributed by atoms with Crippen LogP contribution in [0.5, 0.6) is 0 Å². The van der Waals surface area contributed by atoms with Crippen molar-refractivity contribution in [1.29, 1.82) is 5.26 Å². The van der Waals surface area contributed by atoms with Crippen LogP contribution in [0.25, 0.3) is 132 Å². The summed E-state index contributed by atoms with van der Waals surface area (Å²) >= 11 is 0. The highest BCUT2D eigenvalue weighted by Gasteiger charge is 2.32. The summed E-state index contributed by atoms with van der Waals surface area (Å²) in [6.07, 6.45) is -4.58. The number of fused-ring (bicyclic) bond motifs is 12. The molecule has 0 unspecified atom stereocenters. The minimum Gasteiger partial charge on any atom is -0.309 e. The molecule has 11 aromatic carbocycles. The van der Waals surface area contributed by atoms with E-state index in [2.05, 4.69) is 188 Å². The molecule has 0 saturated heterocycles. The van der Waals surface area contributed by atoms with Crippen LogP contribution < -0.4 is 0 Å². The Bertz CT molecular complexity index is 4990. The van der Waals surface area contributed by atoms with Crippen LogP contribution in [0.4, 0.5) is 13.2 Å². The molecule has 0 radical (unpaired) electrons. The number of aryl methyl sites for hydroxylation is 1. The number of hydrogen-bond acceptors (Lipinski definition) is 1. The van der Waals surface area contributed by atoms with Gasteiger partial charge in [0.2, 0.25) is 0 Å². The van der Waals surface area contributed by atoms with Crippen molar-refractivity contribution < 1.29 is 13.2 Å². The monoisotopic (exact) mass is 997 g/mol. The molecule has 0 spiro atoms. The van der Waals surface area contributed by atoms with E-state index in [-0.39, 0.29) is 0 Å². The summed E-state index contributed by atoms with van der Waals surface area (Å²) in [6.45, 7) is 1.70. The van der Waals surface area contributed by atoms with Crippen molar-refractivity contribution in [1.82, 2.24) is 18.3 Å². The molecule has 0 aliphatic carbocycles. The van der Waals surface area contributed by atoms with Crippen molar-refractivity contribution in [2.24, 2.45) is 0 Å². The zero-order valence-corrected chi connectivity index (χ0v) is 41.4. The van der Waals surface area contributed by atoms with Crippen molar-refractivity contribution >= 4 is 87.2 Å². The van der Waals surface area contributed by atoms with Crippen LogP contribution in [0, 0.1) is 18.3 Å². The van der Waals surface area contributed by atoms with Crippen LogP contribution in [-0.2, 0) is 6.18 Å². The molecule has 0 aliphatic heterocycles. The number of alkyl halides is 3. The van der Waals surface area contributed by atoms with Gasteiger partial charge in [-0.2, -0.15) is 18.4 Å². The smallest absolute Gasteiger partial charge is 0.309 e. The van der Waals surface area contributed by atoms with Crippen LogP contribution in [0.2, 0.25) is 0 Å². The number of para-hydroxylation sites is 6. The Labute approximate surface area is 439 Å². The van der Waals surface area contributed by atoms with Gasteiger partial charge >= 0.3 is 6.18 Å². The number of rotatable bonds is 6. The fraction of sp³-hybridized carbons (Fsp3) is 0.0290. The maximum Gasteiger partial charge on any atom is 0.416 e. The number of nitrogens with zero attached hydrogens (tertiary/aromatic N) is 5. The molecule has 0 fully saturated rings. The molecule has 77 heavy (non-hydrogen) atoms. The molecule has 8 heteroatoms. The molecular formula is C69H42F3N5. The normalized spacial score (nSPS) is 12.1. The highest BCUT2D eigenvalue weighted by Crippen LogP contribution is 2.46. The Morgan fingerprint density at radius 3 is 1.26 bits per heavy atom. The van der Waals surface area contributed by atoms with Gasteiger partial charge in [0.1, 0.15) is 0 Å². The predicted molar refractivity (Wildman–Crippen MR) is 309 cm³/mol. The zero-order valence-electron chi connectivity index (χ0n) is 41.4. The molecule has 0 aliphatic rings. The van der Waals surface area contributed by atoms with Gasteiger partial charge < -0.3 is 18.3 Å². The first-order chi connectivity index (χ1) is 37.7. The molecule has 0 N–H and O–H groups in total. The molecule has 364 valence electrons. The van der Waals surface area contributed by atoms with E-state index in [1.54, 1.807) is 6.92 Å². The predicted octanol–water partition coefficient (Wildman–Crippen LogP) is 18.6. The summed E-state index contributed by atoms with van der Waals surface area (Å²) in [5.41, 5.74) is 14.3. The average Bonchev–Trinajstić information content (AvgIpc) is 4.39. The lowest BCUT2D eigenvalue weighted by Gasteiger charge is -2.20. The van der Waals surface area contributed by atoms with E-state index in [9.17, 15) is 18.4 Å². The fourth-order valence-electron chi connectivity index (χ4n) is 12.4. The molecule has 15 rings (SSSR count). The SMILES string of the molecule is Cc1cc(-c2ccc(-n3c4ccccc4c4cc5c6ccccc6n(-c6ccccc6)c5cc43)cc2-c2cc(C#N)ccc2-n2c3ccccc3c3cc4c5ccccc5n(-c5ccccc5)c4cc32)cc(C(F)(F)F)c1. The van der Waals surface area contributed by atoms with Crippen molar-refractivity contribution in [2.45, 2.75) is 13.1 Å². The molecule has 4 aromatic heterocycles. The Balaban J connectivity index is 1.05. The van der Waals surface area contributed by atoms with Gasteiger partial charge in [-0.15, -0.1) is 0 Å². The van der Waals surface area contributed by atoms with Crippen LogP contribution in [0.3, 0.4) is 0 Å². The third-order valence-corrected chi connectivity index (χ3v) is 15.6. The molecule has 4 heterocycles. The minimum atomic E-state index is -4.58. The summed E-state index contributed by atoms with van der Waals surface area (Å²) in [5.74, 6) is 0. The molecule has 0 bridgehead atoms. The van der Waals surface area contributed by atoms with Crippen molar-refractivity contribution in [3.05, 3.63) is 253 Å². The second-order valence-electron chi connectivity index (χ2n) is 20.0. The quantitative estimate of drug-likeness (QED) is 0.164. The summed E-state index contributed by atoms with van der Waals surface area (Å²) in [7, 11) is 0. The van der Waals surface area contributed by atoms with Gasteiger partial charge in [0.25, 0.3) is 0 Å². The first-order valence-corrected chi connectivity index (χ1v) is 25.6. The summed E-state index contributed by atoms with van der Waals surface area (Å²) in [5, 5.41) is 19.5. The Hall–Kier alpha value is -10.1. The van der Waals surface area contributed by atoms with Gasteiger partial charge in [-0.1, -0.05) is 121 Å². The van der Waals surface area contributed by atoms with Crippen LogP contribution in [-0.4, -0.2) is 18.3 Å². The van der Waals surface area contributed by atoms with Gasteiger partial charge in [-0.3, -0.25) is 0 Å². The first kappa shape index (κ1) is 44.4. The zero-order chi connectivity index (χ0) is 51.7. The van der Waals surface area contributed by atoms with Crippen LogP contribution in [0.1, 0.15) is 16.7 Å². The lowest BCUT2D eigenvalue weighted by molar-refractivity contribution is -0.137. The molecule has 0 amide bonds. The van der Waals surface area contributed by atoms with Gasteiger partial charge in [0, 0.05) is 65.7 Å². The summed E-state index contributed by atoms with van der Waals surface area (Å²) in [6, 6.07) is 82.1. The second kappa shape index (κ2) is 16.7. The Morgan fingerprint density at radius 1 is 0.338 bits per heavy atom. The van der Waals surface area contributed by atoms with Gasteiger partial charge in [0.05, 0.1) is 67.0 Å². The van der Waals surface area contributed by atoms with Crippen molar-refractivity contribution in [3.8, 4) is 51.1 Å². The maximum atomic E-state index is 14.9. The number of benzene rings is 11. The Kier molecular flexibility index (Phi) is 9.63. The second-order valence-corrected chi connectivity index (χ2v) is 20.0. The maximum absolute atomic E-state index is 14.9. The highest BCUT2D eigenvalue weighted by molar-refractivity contribution is 6.21. The molecule has 0 saturated carbocycles. The third kappa shape index (κ3) is 6.73. The molecular weight excluding hydrogens is 956 g/mol. The Morgan fingerprint density at radius 2 is 0.779 bits per heavy atom. The minimum absolute atomic E-state index is 0.416. The number of aromatic nitrogens is 4. The van der Waals surface area contributed by atoms with Crippen molar-refractivity contribution in [3.63, 3.8) is 0 Å². The summed E-state index contributed by atoms with van der Waals surface area (Å²) < 4.78 is 53.8. The van der Waals surface area contributed by atoms with Crippen LogP contribution in [0.15, 0.2) is 237 Å². The van der Waals surface area contributed by atoms with E-state index < -0.39 is 11.7 Å². The van der Waals surface area contributed by atoms with E-state index in [1.165, 1.54) is 12.1 Å². The lowest BCUT2D eigenvalue weighted by atomic mass is 9.90. The number of nitriles is 1. The first-order valence-electron chi connectivity index (χ1n) is 25.6. The van der Waals surface area contributed by atoms with Gasteiger partial charge in [-0.25, -0.2) is 0 Å². The van der Waals surface area contributed by atoms with E-state index in [0.29, 0.717) is 33.4 Å². The molecule has 0 atom stereocenters. The van der Waals surface area contributed by atoms with E-state index in [1.807, 2.05) is 60.7 Å². The largest absolute Gasteiger partial charge is 0.416 e. The molecule has 5 nitrogen and oxygen atoms in total. The number of halogens is 3. The van der Waals surface area contributed by atoms with Gasteiger partial charge in [-0.05, 0) is 144 Å². The topological polar surface area (TPSA) is 43.5 Å². The number of hydrogen-bond donors (Lipinski definition) is 0. The summed E-state index contributed by atoms with van der Waals surface area (Å²) in [4.78, 5) is 0. The van der Waals surface area contributed by atoms with Crippen LogP contribution >= 0.6 is 0 Å². The highest BCUT2D eigenvalue weighted by atomic mass is 19.4. The van der Waals surface area contributed by atoms with Crippen molar-refractivity contribution in [2.75, 3.05) is 0 Å². The van der Waals surface area contributed by atoms with E-state index in [0.717, 1.165) is 110 Å². The lowest BCUT2D eigenvalue weighted by Crippen LogP contribution is -2.06. The van der Waals surface area contributed by atoms with E-state index in [4.69, 9.17) is 0 Å².